The van der Waals surface area contributed by atoms with Crippen molar-refractivity contribution in [2.75, 3.05) is 5.75 Å². The maximum Gasteiger partial charge on any atom is 0.290 e. The van der Waals surface area contributed by atoms with E-state index in [0.29, 0.717) is 19.3 Å². The zero-order valence-electron chi connectivity index (χ0n) is 33.0. The largest absolute Gasteiger partial charge is 0.344 e. The highest BCUT2D eigenvalue weighted by Gasteiger charge is 2.51. The van der Waals surface area contributed by atoms with Crippen molar-refractivity contribution in [3.8, 4) is 0 Å². The zero-order chi connectivity index (χ0) is 39.9. The number of thioether (sulfide) groups is 1. The number of benzene rings is 1. The number of amides is 6. The summed E-state index contributed by atoms with van der Waals surface area (Å²) in [5, 5.41) is 14.0. The van der Waals surface area contributed by atoms with Crippen LogP contribution in [0.1, 0.15) is 123 Å². The second-order valence-electron chi connectivity index (χ2n) is 16.9. The molecule has 1 aromatic carbocycles. The topological polar surface area (TPSA) is 183 Å². The number of likely N-dealkylation sites (tertiary alicyclic amines) is 1. The molecule has 2 aliphatic carbocycles. The lowest BCUT2D eigenvalue weighted by atomic mass is 9.81. The highest BCUT2D eigenvalue weighted by molar-refractivity contribution is 8.14. The second kappa shape index (κ2) is 18.8. The first-order chi connectivity index (χ1) is 26.2. The normalized spacial score (nSPS) is 25.0. The van der Waals surface area contributed by atoms with Gasteiger partial charge in [-0.25, -0.2) is 0 Å². The number of carbonyl (C=O) groups is 7. The second-order valence-corrected chi connectivity index (χ2v) is 17.9. The van der Waals surface area contributed by atoms with Gasteiger partial charge in [0.2, 0.25) is 29.4 Å². The summed E-state index contributed by atoms with van der Waals surface area (Å²) in [6.07, 6.45) is 9.04. The van der Waals surface area contributed by atoms with Crippen LogP contribution in [-0.2, 0) is 28.8 Å². The molecule has 6 amide bonds. The number of rotatable bonds is 14. The fourth-order valence-corrected chi connectivity index (χ4v) is 9.54. The van der Waals surface area contributed by atoms with E-state index >= 15 is 0 Å². The molecule has 2 saturated carbocycles. The van der Waals surface area contributed by atoms with Crippen LogP contribution in [0, 0.1) is 17.3 Å². The number of carbonyl (C=O) groups excluding carboxylic acids is 7. The Balaban J connectivity index is 1.35. The first kappa shape index (κ1) is 42.2. The Kier molecular flexibility index (Phi) is 14.4. The van der Waals surface area contributed by atoms with E-state index in [1.54, 1.807) is 11.8 Å². The quantitative estimate of drug-likeness (QED) is 0.173. The van der Waals surface area contributed by atoms with Crippen molar-refractivity contribution in [2.45, 2.75) is 154 Å². The number of nitrogens with one attached hydrogen (secondary N) is 5. The van der Waals surface area contributed by atoms with Gasteiger partial charge in [0, 0.05) is 11.8 Å². The van der Waals surface area contributed by atoms with Crippen molar-refractivity contribution in [3.63, 3.8) is 0 Å². The average Bonchev–Trinajstić information content (AvgIpc) is 3.79. The van der Waals surface area contributed by atoms with Crippen LogP contribution in [0.3, 0.4) is 0 Å². The lowest BCUT2D eigenvalue weighted by Crippen LogP contribution is -2.63. The molecule has 0 aromatic heterocycles. The van der Waals surface area contributed by atoms with Gasteiger partial charge in [0.1, 0.15) is 24.2 Å². The SMILES string of the molecule is CCCC(NC(=O)[C@@H]1C[C@@H]2CCCC[C@@H]2N1C(=O)[C@@H](NC(=O)[C@@H](NC(=O)C1CSC(=O)N1)C1CCCCC1)C(C)(C)C)C(=O)C(=O)N[C@@H](C)c1ccccc1. The van der Waals surface area contributed by atoms with Crippen molar-refractivity contribution in [1.29, 1.82) is 0 Å². The molecule has 1 aromatic rings. The number of nitrogens with zero attached hydrogens (tertiary/aromatic N) is 1. The lowest BCUT2D eigenvalue weighted by molar-refractivity contribution is -0.147. The van der Waals surface area contributed by atoms with Crippen LogP contribution in [0.4, 0.5) is 4.79 Å². The van der Waals surface area contributed by atoms with Crippen LogP contribution in [0.15, 0.2) is 30.3 Å². The van der Waals surface area contributed by atoms with Crippen molar-refractivity contribution in [2.24, 2.45) is 17.3 Å². The Morgan fingerprint density at radius 2 is 1.55 bits per heavy atom. The number of fused-ring (bicyclic) bond motifs is 1. The summed E-state index contributed by atoms with van der Waals surface area (Å²) in [6, 6.07) is 4.04. The molecule has 2 unspecified atom stereocenters. The molecule has 13 nitrogen and oxygen atoms in total. The third kappa shape index (κ3) is 10.5. The Labute approximate surface area is 329 Å². The highest BCUT2D eigenvalue weighted by Crippen LogP contribution is 2.41. The van der Waals surface area contributed by atoms with Crippen LogP contribution >= 0.6 is 11.8 Å². The first-order valence-electron chi connectivity index (χ1n) is 20.3. The first-order valence-corrected chi connectivity index (χ1v) is 21.2. The number of hydrogen-bond acceptors (Lipinski definition) is 8. The lowest BCUT2D eigenvalue weighted by Gasteiger charge is -2.40. The average molecular weight is 781 g/mol. The standard InChI is InChI=1S/C41H60N6O7S/c1-6-15-28(33(48)38(52)42-24(2)25-16-9-7-10-17-25)43-36(50)31-22-27-20-13-14-21-30(27)47(31)39(53)34(41(3,4)5)46-37(51)32(26-18-11-8-12-19-26)45-35(49)29-23-55-40(54)44-29/h7,9-10,16-17,24,26-32,34H,6,8,11-15,18-23H2,1-5H3,(H,42,52)(H,43,50)(H,44,54)(H,45,49)(H,46,51)/t24-,27-,28?,29?,30-,31-,32-,34+/m0/s1. The van der Waals surface area contributed by atoms with E-state index in [-0.39, 0.29) is 41.2 Å². The smallest absolute Gasteiger partial charge is 0.290 e. The third-order valence-electron chi connectivity index (χ3n) is 11.8. The molecule has 8 atom stereocenters. The summed E-state index contributed by atoms with van der Waals surface area (Å²) >= 11 is 1.03. The fraction of sp³-hybridized carbons (Fsp3) is 0.683. The molecule has 4 fully saturated rings. The Bertz CT molecular complexity index is 1580. The molecule has 0 spiro atoms. The van der Waals surface area contributed by atoms with Gasteiger partial charge in [0.25, 0.3) is 11.1 Å². The monoisotopic (exact) mass is 780 g/mol. The Hall–Kier alpha value is -3.94. The Morgan fingerprint density at radius 3 is 2.18 bits per heavy atom. The molecular formula is C41H60N6O7S. The molecule has 0 bridgehead atoms. The molecule has 0 radical (unpaired) electrons. The summed E-state index contributed by atoms with van der Waals surface area (Å²) in [5.74, 6) is -3.06. The zero-order valence-corrected chi connectivity index (χ0v) is 33.8. The highest BCUT2D eigenvalue weighted by atomic mass is 32.2. The van der Waals surface area contributed by atoms with Crippen LogP contribution in [0.25, 0.3) is 0 Å². The van der Waals surface area contributed by atoms with E-state index < -0.39 is 71.1 Å². The summed E-state index contributed by atoms with van der Waals surface area (Å²) in [7, 11) is 0. The summed E-state index contributed by atoms with van der Waals surface area (Å²) in [6.45, 7) is 9.26. The number of ketones is 1. The predicted octanol–water partition coefficient (Wildman–Crippen LogP) is 4.30. The van der Waals surface area contributed by atoms with Gasteiger partial charge in [-0.15, -0.1) is 0 Å². The van der Waals surface area contributed by atoms with Crippen molar-refractivity contribution < 1.29 is 33.6 Å². The summed E-state index contributed by atoms with van der Waals surface area (Å²) in [4.78, 5) is 97.1. The summed E-state index contributed by atoms with van der Waals surface area (Å²) in [5.41, 5.74) is 0.0724. The predicted molar refractivity (Wildman–Crippen MR) is 211 cm³/mol. The van der Waals surface area contributed by atoms with Crippen molar-refractivity contribution >= 4 is 52.3 Å². The van der Waals surface area contributed by atoms with Gasteiger partial charge in [-0.2, -0.15) is 0 Å². The van der Waals surface area contributed by atoms with E-state index in [1.807, 2.05) is 58.0 Å². The molecule has 2 aliphatic heterocycles. The maximum absolute atomic E-state index is 14.9. The Morgan fingerprint density at radius 1 is 0.873 bits per heavy atom. The van der Waals surface area contributed by atoms with Crippen LogP contribution < -0.4 is 26.6 Å². The molecule has 14 heteroatoms. The summed E-state index contributed by atoms with van der Waals surface area (Å²) < 4.78 is 0. The number of Topliss-reactive ketones (excluding diaryl/α,β-unsaturated/α-hetero) is 1. The van der Waals surface area contributed by atoms with Crippen LogP contribution in [0.5, 0.6) is 0 Å². The van der Waals surface area contributed by atoms with E-state index in [2.05, 4.69) is 26.6 Å². The van der Waals surface area contributed by atoms with Crippen molar-refractivity contribution in [1.82, 2.24) is 31.5 Å². The molecule has 55 heavy (non-hydrogen) atoms. The molecular weight excluding hydrogens is 721 g/mol. The minimum atomic E-state index is -1.07. The third-order valence-corrected chi connectivity index (χ3v) is 12.7. The molecule has 302 valence electrons. The van der Waals surface area contributed by atoms with Gasteiger partial charge in [0.05, 0.1) is 12.1 Å². The minimum Gasteiger partial charge on any atom is -0.344 e. The van der Waals surface area contributed by atoms with Crippen molar-refractivity contribution in [3.05, 3.63) is 35.9 Å². The molecule has 2 heterocycles. The fourth-order valence-electron chi connectivity index (χ4n) is 8.76. The van der Waals surface area contributed by atoms with Gasteiger partial charge in [-0.05, 0) is 68.3 Å². The van der Waals surface area contributed by atoms with Crippen LogP contribution in [0.2, 0.25) is 0 Å². The molecule has 5 N–H and O–H groups in total. The van der Waals surface area contributed by atoms with E-state index in [9.17, 15) is 33.6 Å². The van der Waals surface area contributed by atoms with E-state index in [4.69, 9.17) is 0 Å². The van der Waals surface area contributed by atoms with Gasteiger partial charge in [-0.1, -0.05) is 108 Å². The minimum absolute atomic E-state index is 0.0777. The van der Waals surface area contributed by atoms with Gasteiger partial charge in [0.15, 0.2) is 0 Å². The van der Waals surface area contributed by atoms with Gasteiger partial charge >= 0.3 is 0 Å². The van der Waals surface area contributed by atoms with E-state index in [0.717, 1.165) is 68.7 Å². The molecule has 5 rings (SSSR count). The van der Waals surface area contributed by atoms with Crippen LogP contribution in [-0.4, -0.2) is 87.5 Å². The van der Waals surface area contributed by atoms with Gasteiger partial charge in [-0.3, -0.25) is 33.6 Å². The number of hydrogen-bond donors (Lipinski definition) is 5. The van der Waals surface area contributed by atoms with Gasteiger partial charge < -0.3 is 31.5 Å². The molecule has 4 aliphatic rings. The van der Waals surface area contributed by atoms with E-state index in [1.165, 1.54) is 0 Å². The molecule has 2 saturated heterocycles. The maximum atomic E-state index is 14.9.